The lowest BCUT2D eigenvalue weighted by Gasteiger charge is -2.10. The highest BCUT2D eigenvalue weighted by Gasteiger charge is 2.02. The van der Waals surface area contributed by atoms with Gasteiger partial charge in [0.1, 0.15) is 11.5 Å². The first-order valence-corrected chi connectivity index (χ1v) is 8.59. The molecule has 0 aromatic heterocycles. The maximum absolute atomic E-state index is 11.7. The summed E-state index contributed by atoms with van der Waals surface area (Å²) in [4.78, 5) is 11.7. The Morgan fingerprint density at radius 1 is 1.00 bits per heavy atom. The van der Waals surface area contributed by atoms with Crippen molar-refractivity contribution in [1.82, 2.24) is 10.6 Å². The predicted molar refractivity (Wildman–Crippen MR) is 97.5 cm³/mol. The standard InChI is InChI=1S/C18H21BrN2O3/c1-2-23-15-7-9-16(10-8-15)24-13-21-18(22)20-12-11-14-5-3-4-6-17(14)19/h3-10H,2,11-13H2,1H3,(H2,20,21,22). The van der Waals surface area contributed by atoms with E-state index in [1.54, 1.807) is 12.1 Å². The van der Waals surface area contributed by atoms with Crippen molar-refractivity contribution in [2.75, 3.05) is 19.9 Å². The van der Waals surface area contributed by atoms with Crippen LogP contribution in [0.15, 0.2) is 53.0 Å². The number of carbonyl (C=O) groups is 1. The SMILES string of the molecule is CCOc1ccc(OCNC(=O)NCCc2ccccc2Br)cc1. The molecule has 0 saturated heterocycles. The number of carbonyl (C=O) groups excluding carboxylic acids is 1. The predicted octanol–water partition coefficient (Wildman–Crippen LogP) is 3.73. The van der Waals surface area contributed by atoms with Crippen LogP contribution in [0.3, 0.4) is 0 Å². The molecular weight excluding hydrogens is 372 g/mol. The molecule has 0 aliphatic carbocycles. The highest BCUT2D eigenvalue weighted by atomic mass is 79.9. The molecule has 2 amide bonds. The van der Waals surface area contributed by atoms with Crippen LogP contribution in [0.5, 0.6) is 11.5 Å². The molecule has 6 heteroatoms. The van der Waals surface area contributed by atoms with E-state index >= 15 is 0 Å². The fourth-order valence-corrected chi connectivity index (χ4v) is 2.54. The van der Waals surface area contributed by atoms with Crippen LogP contribution in [0.2, 0.25) is 0 Å². The summed E-state index contributed by atoms with van der Waals surface area (Å²) >= 11 is 3.49. The minimum atomic E-state index is -0.256. The zero-order valence-electron chi connectivity index (χ0n) is 13.5. The number of nitrogens with one attached hydrogen (secondary N) is 2. The Hall–Kier alpha value is -2.21. The zero-order chi connectivity index (χ0) is 17.2. The monoisotopic (exact) mass is 392 g/mol. The van der Waals surface area contributed by atoms with E-state index in [4.69, 9.17) is 9.47 Å². The Labute approximate surface area is 150 Å². The van der Waals surface area contributed by atoms with Crippen molar-refractivity contribution in [2.24, 2.45) is 0 Å². The first kappa shape index (κ1) is 18.1. The van der Waals surface area contributed by atoms with Gasteiger partial charge in [-0.25, -0.2) is 4.79 Å². The normalized spacial score (nSPS) is 10.1. The van der Waals surface area contributed by atoms with Gasteiger partial charge in [-0.05, 0) is 49.2 Å². The zero-order valence-corrected chi connectivity index (χ0v) is 15.1. The van der Waals surface area contributed by atoms with Crippen LogP contribution in [0.4, 0.5) is 4.79 Å². The molecule has 0 radical (unpaired) electrons. The molecule has 0 atom stereocenters. The van der Waals surface area contributed by atoms with Gasteiger partial charge in [0, 0.05) is 11.0 Å². The second-order valence-electron chi connectivity index (χ2n) is 4.97. The van der Waals surface area contributed by atoms with Gasteiger partial charge >= 0.3 is 6.03 Å². The van der Waals surface area contributed by atoms with Crippen molar-refractivity contribution < 1.29 is 14.3 Å². The maximum Gasteiger partial charge on any atom is 0.317 e. The lowest BCUT2D eigenvalue weighted by molar-refractivity contribution is 0.224. The van der Waals surface area contributed by atoms with Gasteiger partial charge in [0.25, 0.3) is 0 Å². The summed E-state index contributed by atoms with van der Waals surface area (Å²) < 4.78 is 11.9. The number of benzene rings is 2. The van der Waals surface area contributed by atoms with Gasteiger partial charge < -0.3 is 20.1 Å². The molecule has 128 valence electrons. The molecule has 5 nitrogen and oxygen atoms in total. The van der Waals surface area contributed by atoms with Crippen LogP contribution in [-0.4, -0.2) is 25.9 Å². The Balaban J connectivity index is 1.63. The van der Waals surface area contributed by atoms with Gasteiger partial charge in [-0.3, -0.25) is 0 Å². The molecule has 24 heavy (non-hydrogen) atoms. The molecule has 2 N–H and O–H groups in total. The highest BCUT2D eigenvalue weighted by molar-refractivity contribution is 9.10. The molecule has 2 rings (SSSR count). The fraction of sp³-hybridized carbons (Fsp3) is 0.278. The van der Waals surface area contributed by atoms with Crippen molar-refractivity contribution in [3.63, 3.8) is 0 Å². The lowest BCUT2D eigenvalue weighted by atomic mass is 10.1. The van der Waals surface area contributed by atoms with E-state index < -0.39 is 0 Å². The van der Waals surface area contributed by atoms with Crippen molar-refractivity contribution >= 4 is 22.0 Å². The van der Waals surface area contributed by atoms with E-state index in [1.807, 2.05) is 43.3 Å². The van der Waals surface area contributed by atoms with Crippen LogP contribution in [-0.2, 0) is 6.42 Å². The molecule has 0 aliphatic heterocycles. The van der Waals surface area contributed by atoms with Crippen LogP contribution < -0.4 is 20.1 Å². The quantitative estimate of drug-likeness (QED) is 0.672. The van der Waals surface area contributed by atoms with Crippen LogP contribution in [0, 0.1) is 0 Å². The molecule has 2 aromatic rings. The van der Waals surface area contributed by atoms with Crippen molar-refractivity contribution in [3.8, 4) is 11.5 Å². The number of ether oxygens (including phenoxy) is 2. The number of urea groups is 1. The average molecular weight is 393 g/mol. The fourth-order valence-electron chi connectivity index (χ4n) is 2.06. The number of amides is 2. The number of rotatable bonds is 8. The number of hydrogen-bond donors (Lipinski definition) is 2. The summed E-state index contributed by atoms with van der Waals surface area (Å²) in [7, 11) is 0. The van der Waals surface area contributed by atoms with Crippen LogP contribution in [0.25, 0.3) is 0 Å². The number of hydrogen-bond acceptors (Lipinski definition) is 3. The Morgan fingerprint density at radius 3 is 2.33 bits per heavy atom. The first-order chi connectivity index (χ1) is 11.7. The highest BCUT2D eigenvalue weighted by Crippen LogP contribution is 2.17. The third-order valence-corrected chi connectivity index (χ3v) is 4.02. The first-order valence-electron chi connectivity index (χ1n) is 7.80. The summed E-state index contributed by atoms with van der Waals surface area (Å²) in [5.74, 6) is 1.47. The maximum atomic E-state index is 11.7. The van der Waals surface area contributed by atoms with E-state index in [-0.39, 0.29) is 12.8 Å². The van der Waals surface area contributed by atoms with Gasteiger partial charge in [-0.2, -0.15) is 0 Å². The summed E-state index contributed by atoms with van der Waals surface area (Å²) in [6, 6.07) is 15.0. The number of halogens is 1. The van der Waals surface area contributed by atoms with Crippen molar-refractivity contribution in [1.29, 1.82) is 0 Å². The molecule has 0 spiro atoms. The third-order valence-electron chi connectivity index (χ3n) is 3.24. The molecule has 0 heterocycles. The second kappa shape index (κ2) is 9.82. The molecule has 0 bridgehead atoms. The smallest absolute Gasteiger partial charge is 0.317 e. The topological polar surface area (TPSA) is 59.6 Å². The Morgan fingerprint density at radius 2 is 1.67 bits per heavy atom. The lowest BCUT2D eigenvalue weighted by Crippen LogP contribution is -2.38. The van der Waals surface area contributed by atoms with E-state index in [1.165, 1.54) is 0 Å². The van der Waals surface area contributed by atoms with E-state index in [0.29, 0.717) is 18.9 Å². The second-order valence-corrected chi connectivity index (χ2v) is 5.82. The van der Waals surface area contributed by atoms with E-state index in [9.17, 15) is 4.79 Å². The summed E-state index contributed by atoms with van der Waals surface area (Å²) in [6.45, 7) is 3.22. The third kappa shape index (κ3) is 6.12. The van der Waals surface area contributed by atoms with Gasteiger partial charge in [0.05, 0.1) is 6.61 Å². The minimum absolute atomic E-state index is 0.106. The van der Waals surface area contributed by atoms with Gasteiger partial charge in [0.2, 0.25) is 0 Å². The van der Waals surface area contributed by atoms with Crippen LogP contribution >= 0.6 is 15.9 Å². The van der Waals surface area contributed by atoms with E-state index in [0.717, 1.165) is 22.2 Å². The van der Waals surface area contributed by atoms with Crippen molar-refractivity contribution in [3.05, 3.63) is 58.6 Å². The molecule has 0 fully saturated rings. The van der Waals surface area contributed by atoms with Gasteiger partial charge in [0.15, 0.2) is 6.73 Å². The van der Waals surface area contributed by atoms with Gasteiger partial charge in [-0.1, -0.05) is 34.1 Å². The minimum Gasteiger partial charge on any atom is -0.494 e. The Kier molecular flexibility index (Phi) is 7.42. The molecule has 0 unspecified atom stereocenters. The molecule has 2 aromatic carbocycles. The average Bonchev–Trinajstić information content (AvgIpc) is 2.58. The Bertz CT molecular complexity index is 647. The summed E-state index contributed by atoms with van der Waals surface area (Å²) in [6.07, 6.45) is 0.759. The van der Waals surface area contributed by atoms with E-state index in [2.05, 4.69) is 26.6 Å². The molecule has 0 aliphatic rings. The molecule has 0 saturated carbocycles. The summed E-state index contributed by atoms with van der Waals surface area (Å²) in [5.41, 5.74) is 1.16. The largest absolute Gasteiger partial charge is 0.494 e. The van der Waals surface area contributed by atoms with Gasteiger partial charge in [-0.15, -0.1) is 0 Å². The van der Waals surface area contributed by atoms with Crippen LogP contribution in [0.1, 0.15) is 12.5 Å². The van der Waals surface area contributed by atoms with Crippen molar-refractivity contribution in [2.45, 2.75) is 13.3 Å². The summed E-state index contributed by atoms with van der Waals surface area (Å²) in [5, 5.41) is 5.46. The molecular formula is C18H21BrN2O3.